The number of hydrogen-bond donors (Lipinski definition) is 2. The number of benzene rings is 1. The minimum atomic E-state index is -1.19. The minimum absolute atomic E-state index is 0.120. The van der Waals surface area contributed by atoms with Crippen LogP contribution in [0.1, 0.15) is 22.0 Å². The fourth-order valence-electron chi connectivity index (χ4n) is 1.53. The SMILES string of the molecule is N[C@H]1COc2cc(F)cc(C(=O)O)c21. The molecule has 1 heterocycles. The minimum Gasteiger partial charge on any atom is -0.491 e. The van der Waals surface area contributed by atoms with Crippen molar-refractivity contribution >= 4 is 5.97 Å². The summed E-state index contributed by atoms with van der Waals surface area (Å²) in [4.78, 5) is 10.8. The van der Waals surface area contributed by atoms with Crippen LogP contribution in [0.4, 0.5) is 4.39 Å². The highest BCUT2D eigenvalue weighted by molar-refractivity contribution is 5.90. The van der Waals surface area contributed by atoms with Crippen molar-refractivity contribution in [2.45, 2.75) is 6.04 Å². The van der Waals surface area contributed by atoms with Gasteiger partial charge in [-0.2, -0.15) is 0 Å². The smallest absolute Gasteiger partial charge is 0.336 e. The summed E-state index contributed by atoms with van der Waals surface area (Å²) < 4.78 is 18.0. The molecular formula is C9H8FNO3. The van der Waals surface area contributed by atoms with E-state index in [4.69, 9.17) is 15.6 Å². The van der Waals surface area contributed by atoms with E-state index in [2.05, 4.69) is 0 Å². The molecule has 3 N–H and O–H groups in total. The first-order chi connectivity index (χ1) is 6.59. The molecule has 1 atom stereocenters. The van der Waals surface area contributed by atoms with Gasteiger partial charge in [-0.3, -0.25) is 0 Å². The van der Waals surface area contributed by atoms with Gasteiger partial charge in [0.2, 0.25) is 0 Å². The number of halogens is 1. The molecule has 0 aliphatic carbocycles. The lowest BCUT2D eigenvalue weighted by Crippen LogP contribution is -2.14. The Bertz CT molecular complexity index is 405. The van der Waals surface area contributed by atoms with Crippen molar-refractivity contribution < 1.29 is 19.0 Å². The van der Waals surface area contributed by atoms with Gasteiger partial charge in [-0.1, -0.05) is 0 Å². The number of nitrogens with two attached hydrogens (primary N) is 1. The lowest BCUT2D eigenvalue weighted by atomic mass is 10.0. The quantitative estimate of drug-likeness (QED) is 0.702. The van der Waals surface area contributed by atoms with Gasteiger partial charge in [0.1, 0.15) is 18.2 Å². The van der Waals surface area contributed by atoms with E-state index < -0.39 is 17.8 Å². The Morgan fingerprint density at radius 1 is 1.64 bits per heavy atom. The largest absolute Gasteiger partial charge is 0.491 e. The van der Waals surface area contributed by atoms with E-state index in [0.717, 1.165) is 12.1 Å². The van der Waals surface area contributed by atoms with Crippen molar-refractivity contribution in [1.82, 2.24) is 0 Å². The number of fused-ring (bicyclic) bond motifs is 1. The van der Waals surface area contributed by atoms with E-state index >= 15 is 0 Å². The van der Waals surface area contributed by atoms with Gasteiger partial charge in [0.25, 0.3) is 0 Å². The van der Waals surface area contributed by atoms with E-state index in [9.17, 15) is 9.18 Å². The molecule has 0 saturated heterocycles. The Balaban J connectivity index is 2.65. The Morgan fingerprint density at radius 2 is 2.36 bits per heavy atom. The van der Waals surface area contributed by atoms with Crippen LogP contribution in [0.15, 0.2) is 12.1 Å². The van der Waals surface area contributed by atoms with Crippen LogP contribution >= 0.6 is 0 Å². The van der Waals surface area contributed by atoms with E-state index in [-0.39, 0.29) is 17.9 Å². The highest BCUT2D eigenvalue weighted by Gasteiger charge is 2.27. The first-order valence-corrected chi connectivity index (χ1v) is 4.04. The molecular weight excluding hydrogens is 189 g/mol. The topological polar surface area (TPSA) is 72.5 Å². The lowest BCUT2D eigenvalue weighted by molar-refractivity contribution is 0.0695. The summed E-state index contributed by atoms with van der Waals surface area (Å²) in [5, 5.41) is 8.81. The molecule has 1 aliphatic heterocycles. The van der Waals surface area contributed by atoms with Crippen molar-refractivity contribution in [2.24, 2.45) is 5.73 Å². The second kappa shape index (κ2) is 2.95. The number of hydrogen-bond acceptors (Lipinski definition) is 3. The van der Waals surface area contributed by atoms with E-state index in [1.165, 1.54) is 0 Å². The average molecular weight is 197 g/mol. The molecule has 0 aromatic heterocycles. The van der Waals surface area contributed by atoms with Crippen molar-refractivity contribution in [3.8, 4) is 5.75 Å². The van der Waals surface area contributed by atoms with Crippen molar-refractivity contribution in [3.63, 3.8) is 0 Å². The van der Waals surface area contributed by atoms with Gasteiger partial charge in [-0.15, -0.1) is 0 Å². The third-order valence-corrected chi connectivity index (χ3v) is 2.13. The van der Waals surface area contributed by atoms with E-state index in [1.807, 2.05) is 0 Å². The summed E-state index contributed by atoms with van der Waals surface area (Å²) in [6.07, 6.45) is 0. The standard InChI is InChI=1S/C9H8FNO3/c10-4-1-5(9(12)13)8-6(11)3-14-7(8)2-4/h1-2,6H,3,11H2,(H,12,13)/t6-/m0/s1. The Hall–Kier alpha value is -1.62. The molecule has 0 unspecified atom stereocenters. The number of carboxylic acid groups (broad SMARTS) is 1. The third kappa shape index (κ3) is 1.22. The molecule has 4 nitrogen and oxygen atoms in total. The molecule has 1 aromatic carbocycles. The van der Waals surface area contributed by atoms with E-state index in [1.54, 1.807) is 0 Å². The summed E-state index contributed by atoms with van der Waals surface area (Å²) in [5.74, 6) is -1.59. The van der Waals surface area contributed by atoms with Gasteiger partial charge < -0.3 is 15.6 Å². The first-order valence-electron chi connectivity index (χ1n) is 4.04. The summed E-state index contributed by atoms with van der Waals surface area (Å²) >= 11 is 0. The zero-order valence-corrected chi connectivity index (χ0v) is 7.16. The Morgan fingerprint density at radius 3 is 3.00 bits per heavy atom. The zero-order chi connectivity index (χ0) is 10.3. The second-order valence-electron chi connectivity index (χ2n) is 3.09. The number of aromatic carboxylic acids is 1. The Kier molecular flexibility index (Phi) is 1.89. The van der Waals surface area contributed by atoms with E-state index in [0.29, 0.717) is 5.56 Å². The highest BCUT2D eigenvalue weighted by atomic mass is 19.1. The van der Waals surface area contributed by atoms with Gasteiger partial charge >= 0.3 is 5.97 Å². The molecule has 0 amide bonds. The van der Waals surface area contributed by atoms with Gasteiger partial charge in [0.15, 0.2) is 0 Å². The summed E-state index contributed by atoms with van der Waals surface area (Å²) in [6.45, 7) is 0.194. The van der Waals surface area contributed by atoms with Crippen LogP contribution in [0.2, 0.25) is 0 Å². The average Bonchev–Trinajstić information content (AvgIpc) is 2.46. The molecule has 2 rings (SSSR count). The van der Waals surface area contributed by atoms with Gasteiger partial charge in [0.05, 0.1) is 11.6 Å². The Labute approximate surface area is 79.1 Å². The maximum absolute atomic E-state index is 12.9. The molecule has 1 aliphatic rings. The van der Waals surface area contributed by atoms with Crippen LogP contribution in [0.25, 0.3) is 0 Å². The summed E-state index contributed by atoms with van der Waals surface area (Å²) in [6, 6.07) is 1.61. The van der Waals surface area contributed by atoms with Crippen LogP contribution < -0.4 is 10.5 Å². The zero-order valence-electron chi connectivity index (χ0n) is 7.16. The molecule has 74 valence electrons. The first kappa shape index (κ1) is 8.96. The predicted molar refractivity (Wildman–Crippen MR) is 45.8 cm³/mol. The summed E-state index contributed by atoms with van der Waals surface area (Å²) in [5.41, 5.74) is 5.88. The fraction of sp³-hybridized carbons (Fsp3) is 0.222. The van der Waals surface area contributed by atoms with Crippen LogP contribution in [0.3, 0.4) is 0 Å². The van der Waals surface area contributed by atoms with Gasteiger partial charge in [-0.25, -0.2) is 9.18 Å². The van der Waals surface area contributed by atoms with Gasteiger partial charge in [-0.05, 0) is 6.07 Å². The summed E-state index contributed by atoms with van der Waals surface area (Å²) in [7, 11) is 0. The fourth-order valence-corrected chi connectivity index (χ4v) is 1.53. The maximum Gasteiger partial charge on any atom is 0.336 e. The molecule has 14 heavy (non-hydrogen) atoms. The third-order valence-electron chi connectivity index (χ3n) is 2.13. The van der Waals surface area contributed by atoms with Crippen LogP contribution in [0, 0.1) is 5.82 Å². The highest BCUT2D eigenvalue weighted by Crippen LogP contribution is 2.34. The van der Waals surface area contributed by atoms with Crippen LogP contribution in [0.5, 0.6) is 5.75 Å². The molecule has 1 aromatic rings. The van der Waals surface area contributed by atoms with Gasteiger partial charge in [0, 0.05) is 11.6 Å². The molecule has 0 fully saturated rings. The number of carboxylic acids is 1. The maximum atomic E-state index is 12.9. The monoisotopic (exact) mass is 197 g/mol. The molecule has 5 heteroatoms. The molecule has 0 bridgehead atoms. The predicted octanol–water partition coefficient (Wildman–Crippen LogP) is 0.916. The van der Waals surface area contributed by atoms with Crippen LogP contribution in [-0.4, -0.2) is 17.7 Å². The van der Waals surface area contributed by atoms with Crippen molar-refractivity contribution in [3.05, 3.63) is 29.1 Å². The molecule has 0 saturated carbocycles. The molecule has 0 radical (unpaired) electrons. The second-order valence-corrected chi connectivity index (χ2v) is 3.09. The number of rotatable bonds is 1. The van der Waals surface area contributed by atoms with Crippen molar-refractivity contribution in [1.29, 1.82) is 0 Å². The number of ether oxygens (including phenoxy) is 1. The number of carbonyl (C=O) groups is 1. The normalized spacial score (nSPS) is 18.9. The lowest BCUT2D eigenvalue weighted by Gasteiger charge is -2.05. The van der Waals surface area contributed by atoms with Crippen LogP contribution in [-0.2, 0) is 0 Å². The van der Waals surface area contributed by atoms with Crippen molar-refractivity contribution in [2.75, 3.05) is 6.61 Å². The molecule has 0 spiro atoms.